The van der Waals surface area contributed by atoms with E-state index in [0.717, 1.165) is 44.6 Å². The second-order valence-electron chi connectivity index (χ2n) is 9.33. The number of hydrogen-bond acceptors (Lipinski definition) is 4. The first kappa shape index (κ1) is 24.8. The Balaban J connectivity index is 1.45. The Morgan fingerprint density at radius 3 is 2.40 bits per heavy atom. The van der Waals surface area contributed by atoms with Crippen LogP contribution in [-0.4, -0.2) is 53.5 Å². The van der Waals surface area contributed by atoms with Crippen molar-refractivity contribution in [2.75, 3.05) is 26.2 Å². The van der Waals surface area contributed by atoms with Crippen LogP contribution >= 0.6 is 0 Å². The Morgan fingerprint density at radius 2 is 1.74 bits per heavy atom. The van der Waals surface area contributed by atoms with Crippen molar-refractivity contribution < 1.29 is 14.3 Å². The molecule has 4 rings (SSSR count). The molecular weight excluding hydrogens is 438 g/mol. The zero-order valence-corrected chi connectivity index (χ0v) is 20.8. The number of aryl methyl sites for hydroxylation is 1. The molecule has 184 valence electrons. The summed E-state index contributed by atoms with van der Waals surface area (Å²) >= 11 is 0. The smallest absolute Gasteiger partial charge is 0.325 e. The minimum atomic E-state index is -0.867. The van der Waals surface area contributed by atoms with Gasteiger partial charge in [-0.25, -0.2) is 4.79 Å². The molecule has 0 radical (unpaired) electrons. The van der Waals surface area contributed by atoms with Gasteiger partial charge in [0, 0.05) is 6.54 Å². The number of amides is 3. The summed E-state index contributed by atoms with van der Waals surface area (Å²) < 4.78 is 5.55. The molecule has 0 spiro atoms. The van der Waals surface area contributed by atoms with Crippen molar-refractivity contribution >= 4 is 11.9 Å². The highest BCUT2D eigenvalue weighted by molar-refractivity contribution is 6.07. The molecule has 0 aromatic heterocycles. The van der Waals surface area contributed by atoms with Crippen LogP contribution < -0.4 is 10.1 Å². The molecule has 2 aliphatic rings. The first-order valence-corrected chi connectivity index (χ1v) is 12.6. The van der Waals surface area contributed by atoms with Crippen LogP contribution in [0.15, 0.2) is 54.6 Å². The number of hydrogen-bond donors (Lipinski definition) is 1. The molecule has 35 heavy (non-hydrogen) atoms. The normalized spacial score (nSPS) is 20.9. The van der Waals surface area contributed by atoms with Crippen molar-refractivity contribution in [1.82, 2.24) is 15.1 Å². The van der Waals surface area contributed by atoms with Gasteiger partial charge in [-0.1, -0.05) is 48.4 Å². The second-order valence-corrected chi connectivity index (χ2v) is 9.33. The van der Waals surface area contributed by atoms with E-state index in [0.29, 0.717) is 13.0 Å². The maximum atomic E-state index is 13.7. The van der Waals surface area contributed by atoms with Gasteiger partial charge < -0.3 is 10.1 Å². The summed E-state index contributed by atoms with van der Waals surface area (Å²) in [7, 11) is 0. The monoisotopic (exact) mass is 473 g/mol. The summed E-state index contributed by atoms with van der Waals surface area (Å²) in [6, 6.07) is 18.1. The van der Waals surface area contributed by atoms with E-state index >= 15 is 0 Å². The fourth-order valence-electron chi connectivity index (χ4n) is 5.28. The zero-order valence-electron chi connectivity index (χ0n) is 20.8. The van der Waals surface area contributed by atoms with Crippen LogP contribution in [0.25, 0.3) is 0 Å². The van der Waals surface area contributed by atoms with Crippen LogP contribution in [-0.2, 0) is 17.8 Å². The quantitative estimate of drug-likeness (QED) is 0.437. The molecule has 3 amide bonds. The van der Waals surface area contributed by atoms with Crippen LogP contribution in [0.2, 0.25) is 0 Å². The van der Waals surface area contributed by atoms with Crippen molar-refractivity contribution in [1.29, 1.82) is 0 Å². The highest BCUT2D eigenvalue weighted by Crippen LogP contribution is 2.37. The number of likely N-dealkylation sites (tertiary alicyclic amines) is 1. The van der Waals surface area contributed by atoms with Gasteiger partial charge in [0.2, 0.25) is 0 Å². The molecule has 2 heterocycles. The lowest BCUT2D eigenvalue weighted by Gasteiger charge is -2.41. The molecule has 2 aliphatic heterocycles. The summed E-state index contributed by atoms with van der Waals surface area (Å²) in [6.45, 7) is 7.17. The van der Waals surface area contributed by atoms with E-state index in [1.807, 2.05) is 37.3 Å². The third kappa shape index (κ3) is 5.68. The minimum Gasteiger partial charge on any atom is -0.494 e. The van der Waals surface area contributed by atoms with E-state index in [9.17, 15) is 9.59 Å². The third-order valence-electron chi connectivity index (χ3n) is 7.19. The Bertz CT molecular complexity index is 1070. The molecule has 2 aromatic rings. The van der Waals surface area contributed by atoms with Gasteiger partial charge in [-0.05, 0) is 81.8 Å². The average molecular weight is 474 g/mol. The fraction of sp³-hybridized carbons (Fsp3) is 0.448. The topological polar surface area (TPSA) is 61.9 Å². The van der Waals surface area contributed by atoms with Crippen molar-refractivity contribution in [3.05, 3.63) is 65.7 Å². The zero-order chi connectivity index (χ0) is 24.7. The molecule has 2 fully saturated rings. The first-order valence-electron chi connectivity index (χ1n) is 12.6. The summed E-state index contributed by atoms with van der Waals surface area (Å²) in [6.07, 6.45) is 3.07. The predicted octanol–water partition coefficient (Wildman–Crippen LogP) is 4.24. The maximum absolute atomic E-state index is 13.7. The average Bonchev–Trinajstić information content (AvgIpc) is 3.13. The Kier molecular flexibility index (Phi) is 8.09. The Labute approximate surface area is 208 Å². The molecule has 0 aliphatic carbocycles. The summed E-state index contributed by atoms with van der Waals surface area (Å²) in [5, 5.41) is 3.14. The lowest BCUT2D eigenvalue weighted by molar-refractivity contribution is -0.134. The molecule has 0 saturated carbocycles. The van der Waals surface area contributed by atoms with Gasteiger partial charge >= 0.3 is 6.03 Å². The van der Waals surface area contributed by atoms with Crippen LogP contribution in [0.4, 0.5) is 4.79 Å². The molecule has 0 bridgehead atoms. The Hall–Kier alpha value is -3.30. The van der Waals surface area contributed by atoms with Gasteiger partial charge in [0.1, 0.15) is 11.3 Å². The number of nitrogens with zero attached hydrogens (tertiary/aromatic N) is 2. The van der Waals surface area contributed by atoms with Crippen molar-refractivity contribution in [2.24, 2.45) is 5.92 Å². The largest absolute Gasteiger partial charge is 0.494 e. The van der Waals surface area contributed by atoms with Gasteiger partial charge in [-0.15, -0.1) is 5.92 Å². The highest BCUT2D eigenvalue weighted by atomic mass is 16.5. The number of urea groups is 1. The lowest BCUT2D eigenvalue weighted by Crippen LogP contribution is -2.56. The number of piperidine rings is 1. The van der Waals surface area contributed by atoms with E-state index in [1.165, 1.54) is 16.0 Å². The van der Waals surface area contributed by atoms with Crippen LogP contribution in [0.3, 0.4) is 0 Å². The number of rotatable bonds is 9. The van der Waals surface area contributed by atoms with Crippen molar-refractivity contribution in [2.45, 2.75) is 51.6 Å². The van der Waals surface area contributed by atoms with Gasteiger partial charge in [-0.3, -0.25) is 14.6 Å². The molecular formula is C29H35N3O3. The van der Waals surface area contributed by atoms with Gasteiger partial charge in [-0.2, -0.15) is 0 Å². The maximum Gasteiger partial charge on any atom is 0.325 e. The molecule has 2 aromatic carbocycles. The summed E-state index contributed by atoms with van der Waals surface area (Å²) in [4.78, 5) is 30.2. The van der Waals surface area contributed by atoms with E-state index in [4.69, 9.17) is 4.74 Å². The molecule has 1 atom stereocenters. The standard InChI is InChI=1S/C29H35N3O3/c1-3-5-19-32-27(33)29(30-28(32)34,18-15-23-9-7-6-8-10-23)25-16-20-31(21-17-25)22-24-11-13-26(14-12-24)35-4-2/h6-14,25H,4,15-22H2,1-2H3,(H,30,34). The number of nitrogens with one attached hydrogen (secondary N) is 1. The van der Waals surface area contributed by atoms with E-state index in [2.05, 4.69) is 46.3 Å². The molecule has 6 nitrogen and oxygen atoms in total. The first-order chi connectivity index (χ1) is 17.1. The van der Waals surface area contributed by atoms with Gasteiger partial charge in [0.05, 0.1) is 13.2 Å². The van der Waals surface area contributed by atoms with Crippen LogP contribution in [0.1, 0.15) is 44.2 Å². The van der Waals surface area contributed by atoms with Crippen molar-refractivity contribution in [3.8, 4) is 17.6 Å². The number of imide groups is 1. The molecule has 6 heteroatoms. The highest BCUT2D eigenvalue weighted by Gasteiger charge is 2.55. The summed E-state index contributed by atoms with van der Waals surface area (Å²) in [5.41, 5.74) is 1.56. The molecule has 1 unspecified atom stereocenters. The fourth-order valence-corrected chi connectivity index (χ4v) is 5.28. The number of ether oxygens (including phenoxy) is 1. The Morgan fingerprint density at radius 1 is 1.03 bits per heavy atom. The SMILES string of the molecule is CC#CCN1C(=O)NC(CCc2ccccc2)(C2CCN(Cc3ccc(OCC)cc3)CC2)C1=O. The number of carbonyl (C=O) groups is 2. The summed E-state index contributed by atoms with van der Waals surface area (Å²) in [5.74, 6) is 6.56. The molecule has 2 saturated heterocycles. The van der Waals surface area contributed by atoms with Crippen molar-refractivity contribution in [3.63, 3.8) is 0 Å². The van der Waals surface area contributed by atoms with Crippen LogP contribution in [0, 0.1) is 17.8 Å². The number of benzene rings is 2. The van der Waals surface area contributed by atoms with E-state index in [-0.39, 0.29) is 24.4 Å². The van der Waals surface area contributed by atoms with Gasteiger partial charge in [0.25, 0.3) is 5.91 Å². The predicted molar refractivity (Wildman–Crippen MR) is 137 cm³/mol. The minimum absolute atomic E-state index is 0.0961. The van der Waals surface area contributed by atoms with Gasteiger partial charge in [0.15, 0.2) is 0 Å². The lowest BCUT2D eigenvalue weighted by atomic mass is 9.74. The number of carbonyl (C=O) groups excluding carboxylic acids is 2. The molecule has 1 N–H and O–H groups in total. The third-order valence-corrected chi connectivity index (χ3v) is 7.19. The van der Waals surface area contributed by atoms with E-state index in [1.54, 1.807) is 6.92 Å². The second kappa shape index (κ2) is 11.4. The van der Waals surface area contributed by atoms with Crippen LogP contribution in [0.5, 0.6) is 5.75 Å². The van der Waals surface area contributed by atoms with E-state index < -0.39 is 5.54 Å².